The van der Waals surface area contributed by atoms with Crippen LogP contribution in [0.3, 0.4) is 0 Å². The molecule has 2 aromatic rings. The van der Waals surface area contributed by atoms with Gasteiger partial charge in [0.05, 0.1) is 17.8 Å². The van der Waals surface area contributed by atoms with Gasteiger partial charge in [-0.05, 0) is 56.0 Å². The molecule has 0 aliphatic carbocycles. The quantitative estimate of drug-likeness (QED) is 0.392. The van der Waals surface area contributed by atoms with Gasteiger partial charge in [-0.25, -0.2) is 4.39 Å². The van der Waals surface area contributed by atoms with Crippen LogP contribution in [-0.4, -0.2) is 31.5 Å². The maximum absolute atomic E-state index is 15.7. The molecule has 3 rings (SSSR count). The second-order valence-electron chi connectivity index (χ2n) is 7.95. The molecule has 1 saturated heterocycles. The maximum Gasteiger partial charge on any atom is 0.525 e. The van der Waals surface area contributed by atoms with Gasteiger partial charge in [0.25, 0.3) is 0 Å². The third-order valence-corrected chi connectivity index (χ3v) is 5.55. The van der Waals surface area contributed by atoms with E-state index in [2.05, 4.69) is 5.92 Å². The van der Waals surface area contributed by atoms with Crippen molar-refractivity contribution in [1.82, 2.24) is 0 Å². The molecule has 28 heavy (non-hydrogen) atoms. The Morgan fingerprint density at radius 2 is 1.71 bits per heavy atom. The highest BCUT2D eigenvalue weighted by atomic mass is 19.1. The predicted molar refractivity (Wildman–Crippen MR) is 112 cm³/mol. The first-order valence-corrected chi connectivity index (χ1v) is 9.50. The van der Waals surface area contributed by atoms with E-state index in [4.69, 9.17) is 20.5 Å². The van der Waals surface area contributed by atoms with E-state index in [-0.39, 0.29) is 6.61 Å². The summed E-state index contributed by atoms with van der Waals surface area (Å²) in [5.41, 5.74) is -0.307. The van der Waals surface area contributed by atoms with Crippen molar-refractivity contribution in [2.24, 2.45) is 0 Å². The number of benzene rings is 2. The molecule has 0 saturated carbocycles. The molecule has 0 bridgehead atoms. The molecule has 0 N–H and O–H groups in total. The van der Waals surface area contributed by atoms with Gasteiger partial charge in [0.2, 0.25) is 0 Å². The number of fused-ring (bicyclic) bond motifs is 1. The van der Waals surface area contributed by atoms with Gasteiger partial charge in [-0.2, -0.15) is 0 Å². The van der Waals surface area contributed by atoms with E-state index in [1.54, 1.807) is 0 Å². The molecule has 1 fully saturated rings. The van der Waals surface area contributed by atoms with Gasteiger partial charge in [-0.15, -0.1) is 6.42 Å². The Labute approximate surface area is 167 Å². The minimum Gasteiger partial charge on any atom is -0.398 e. The van der Waals surface area contributed by atoms with Crippen LogP contribution in [0.2, 0.25) is 0 Å². The van der Waals surface area contributed by atoms with Crippen molar-refractivity contribution >= 4 is 23.5 Å². The number of ether oxygens (including phenoxy) is 1. The Morgan fingerprint density at radius 3 is 2.39 bits per heavy atom. The van der Waals surface area contributed by atoms with Crippen LogP contribution in [0.15, 0.2) is 48.2 Å². The lowest BCUT2D eigenvalue weighted by Crippen LogP contribution is -2.41. The first kappa shape index (κ1) is 20.6. The summed E-state index contributed by atoms with van der Waals surface area (Å²) >= 11 is 0. The zero-order valence-corrected chi connectivity index (χ0v) is 16.9. The number of hydrogen-bond donors (Lipinski definition) is 0. The lowest BCUT2D eigenvalue weighted by atomic mass is 9.81. The smallest absolute Gasteiger partial charge is 0.398 e. The van der Waals surface area contributed by atoms with E-state index in [0.29, 0.717) is 18.6 Å². The second kappa shape index (κ2) is 8.09. The average Bonchev–Trinajstić information content (AvgIpc) is 2.88. The van der Waals surface area contributed by atoms with Crippen LogP contribution in [0.25, 0.3) is 16.3 Å². The van der Waals surface area contributed by atoms with Gasteiger partial charge in [0.1, 0.15) is 12.3 Å². The molecule has 146 valence electrons. The van der Waals surface area contributed by atoms with E-state index >= 15 is 4.39 Å². The fraction of sp³-hybridized carbons (Fsp3) is 0.391. The Kier molecular flexibility index (Phi) is 5.95. The third-order valence-electron chi connectivity index (χ3n) is 5.55. The van der Waals surface area contributed by atoms with E-state index in [1.165, 1.54) is 0 Å². The van der Waals surface area contributed by atoms with Crippen LogP contribution in [-0.2, 0) is 14.0 Å². The van der Waals surface area contributed by atoms with Crippen molar-refractivity contribution in [3.05, 3.63) is 53.8 Å². The highest BCUT2D eigenvalue weighted by Crippen LogP contribution is 2.41. The molecule has 2 aromatic carbocycles. The standard InChI is InChI=1S/C23H26BFO3/c1-6-15-26-16-14-20(19-13-9-11-17-10-7-8-12-18(17)19)21(25)24-27-22(2,3)23(4,5)28-24/h1,7-13H,14-16H2,2-5H3. The molecular weight excluding hydrogens is 354 g/mol. The first-order chi connectivity index (χ1) is 13.3. The van der Waals surface area contributed by atoms with Crippen molar-refractivity contribution in [3.63, 3.8) is 0 Å². The van der Waals surface area contributed by atoms with Crippen LogP contribution < -0.4 is 0 Å². The largest absolute Gasteiger partial charge is 0.525 e. The van der Waals surface area contributed by atoms with E-state index in [0.717, 1.165) is 16.3 Å². The van der Waals surface area contributed by atoms with Gasteiger partial charge in [-0.3, -0.25) is 0 Å². The van der Waals surface area contributed by atoms with Crippen LogP contribution in [0.1, 0.15) is 39.7 Å². The molecule has 0 aromatic heterocycles. The minimum atomic E-state index is -1.05. The lowest BCUT2D eigenvalue weighted by molar-refractivity contribution is 0.00578. The van der Waals surface area contributed by atoms with Gasteiger partial charge in [-0.1, -0.05) is 48.4 Å². The molecule has 0 radical (unpaired) electrons. The Bertz CT molecular complexity index is 906. The highest BCUT2D eigenvalue weighted by molar-refractivity contribution is 6.55. The number of terminal acetylenes is 1. The summed E-state index contributed by atoms with van der Waals surface area (Å²) in [7, 11) is -1.05. The average molecular weight is 380 g/mol. The van der Waals surface area contributed by atoms with Gasteiger partial charge >= 0.3 is 7.12 Å². The number of halogens is 1. The molecule has 1 aliphatic rings. The molecule has 3 nitrogen and oxygen atoms in total. The summed E-state index contributed by atoms with van der Waals surface area (Å²) in [6.07, 6.45) is 5.62. The minimum absolute atomic E-state index is 0.195. The SMILES string of the molecule is C#CCOCCC(=C(F)B1OC(C)(C)C(C)(C)O1)c1cccc2ccccc12. The summed E-state index contributed by atoms with van der Waals surface area (Å²) in [5.74, 6) is 2.44. The first-order valence-electron chi connectivity index (χ1n) is 9.50. The molecule has 0 amide bonds. The second-order valence-corrected chi connectivity index (χ2v) is 7.95. The van der Waals surface area contributed by atoms with Crippen molar-refractivity contribution in [3.8, 4) is 12.3 Å². The highest BCUT2D eigenvalue weighted by Gasteiger charge is 2.53. The molecular formula is C23H26BFO3. The Morgan fingerprint density at radius 1 is 1.07 bits per heavy atom. The molecule has 0 atom stereocenters. The monoisotopic (exact) mass is 380 g/mol. The van der Waals surface area contributed by atoms with Crippen molar-refractivity contribution in [2.45, 2.75) is 45.3 Å². The summed E-state index contributed by atoms with van der Waals surface area (Å²) in [6, 6.07) is 13.8. The fourth-order valence-corrected chi connectivity index (χ4v) is 3.27. The van der Waals surface area contributed by atoms with Gasteiger partial charge < -0.3 is 14.0 Å². The van der Waals surface area contributed by atoms with E-state index in [9.17, 15) is 0 Å². The van der Waals surface area contributed by atoms with Gasteiger partial charge in [0.15, 0.2) is 0 Å². The fourth-order valence-electron chi connectivity index (χ4n) is 3.27. The van der Waals surface area contributed by atoms with Crippen molar-refractivity contribution in [1.29, 1.82) is 0 Å². The Hall–Kier alpha value is -2.13. The summed E-state index contributed by atoms with van der Waals surface area (Å²) in [4.78, 5) is 0. The molecule has 1 aliphatic heterocycles. The summed E-state index contributed by atoms with van der Waals surface area (Å²) in [5, 5.41) is 2.02. The predicted octanol–water partition coefficient (Wildman–Crippen LogP) is 5.19. The van der Waals surface area contributed by atoms with Crippen molar-refractivity contribution < 1.29 is 18.4 Å². The lowest BCUT2D eigenvalue weighted by Gasteiger charge is -2.32. The molecule has 0 unspecified atom stereocenters. The van der Waals surface area contributed by atoms with Crippen molar-refractivity contribution in [2.75, 3.05) is 13.2 Å². The van der Waals surface area contributed by atoms with Gasteiger partial charge in [0, 0.05) is 0 Å². The third kappa shape index (κ3) is 4.00. The number of rotatable bonds is 6. The molecule has 5 heteroatoms. The van der Waals surface area contributed by atoms with E-state index in [1.807, 2.05) is 70.2 Å². The number of hydrogen-bond acceptors (Lipinski definition) is 3. The Balaban J connectivity index is 2.04. The van der Waals surface area contributed by atoms with Crippen LogP contribution in [0, 0.1) is 12.3 Å². The summed E-state index contributed by atoms with van der Waals surface area (Å²) < 4.78 is 33.0. The van der Waals surface area contributed by atoms with Crippen LogP contribution >= 0.6 is 0 Å². The van der Waals surface area contributed by atoms with E-state index < -0.39 is 24.0 Å². The molecule has 0 spiro atoms. The van der Waals surface area contributed by atoms with Crippen LogP contribution in [0.5, 0.6) is 0 Å². The van der Waals surface area contributed by atoms with Crippen LogP contribution in [0.4, 0.5) is 4.39 Å². The zero-order valence-electron chi connectivity index (χ0n) is 16.9. The maximum atomic E-state index is 15.7. The molecule has 1 heterocycles. The summed E-state index contributed by atoms with van der Waals surface area (Å²) in [6.45, 7) is 8.15. The topological polar surface area (TPSA) is 27.7 Å². The normalized spacial score (nSPS) is 18.8. The zero-order chi connectivity index (χ0) is 20.4.